The Morgan fingerprint density at radius 3 is 2.29 bits per heavy atom. The first-order chi connectivity index (χ1) is 16.3. The Morgan fingerprint density at radius 2 is 1.62 bits per heavy atom. The molecule has 0 saturated carbocycles. The Balaban J connectivity index is 1.50. The number of nitro benzene ring substituents is 1. The van der Waals surface area contributed by atoms with E-state index < -0.39 is 14.9 Å². The van der Waals surface area contributed by atoms with E-state index in [1.165, 1.54) is 47.3 Å². The second-order valence-corrected chi connectivity index (χ2v) is 11.0. The minimum Gasteiger partial charge on any atom is -0.375 e. The van der Waals surface area contributed by atoms with Crippen LogP contribution in [0.1, 0.15) is 30.4 Å². The van der Waals surface area contributed by atoms with Crippen LogP contribution in [0.4, 0.5) is 11.4 Å². The summed E-state index contributed by atoms with van der Waals surface area (Å²) < 4.78 is 27.5. The number of hydrogen-bond donors (Lipinski definition) is 1. The van der Waals surface area contributed by atoms with Gasteiger partial charge in [-0.25, -0.2) is 8.42 Å². The zero-order chi connectivity index (χ0) is 24.1. The van der Waals surface area contributed by atoms with E-state index in [4.69, 9.17) is 0 Å². The predicted molar refractivity (Wildman–Crippen MR) is 132 cm³/mol. The van der Waals surface area contributed by atoms with Gasteiger partial charge in [-0.15, -0.1) is 0 Å². The molecule has 2 fully saturated rings. The maximum Gasteiger partial charge on any atom is 0.293 e. The van der Waals surface area contributed by atoms with Gasteiger partial charge in [-0.1, -0.05) is 30.7 Å². The first-order valence-electron chi connectivity index (χ1n) is 11.8. The number of nitro groups is 1. The molecule has 2 aromatic rings. The summed E-state index contributed by atoms with van der Waals surface area (Å²) in [4.78, 5) is 15.7. The average Bonchev–Trinajstić information content (AvgIpc) is 2.84. The summed E-state index contributed by atoms with van der Waals surface area (Å²) in [6.45, 7) is 5.50. The van der Waals surface area contributed by atoms with Gasteiger partial charge in [0.25, 0.3) is 5.69 Å². The van der Waals surface area contributed by atoms with E-state index in [9.17, 15) is 18.5 Å². The summed E-state index contributed by atoms with van der Waals surface area (Å²) in [6.07, 6.45) is 3.72. The molecule has 0 radical (unpaired) electrons. The molecular formula is C24H33N5O4S. The standard InChI is InChI=1S/C24H33N5O4S/c1-26-13-15-28(16-14-26)34(32,33)22-9-10-23(24(17-22)29(30)31)25-18-20-7-3-4-8-21(20)19-27-11-5-2-6-12-27/h3-4,7-10,17,25H,2,5-6,11-16,18-19H2,1H3. The lowest BCUT2D eigenvalue weighted by Crippen LogP contribution is -2.47. The van der Waals surface area contributed by atoms with Crippen LogP contribution in [0.15, 0.2) is 47.4 Å². The molecule has 4 rings (SSSR count). The number of likely N-dealkylation sites (N-methyl/N-ethyl adjacent to an activating group) is 1. The molecule has 2 aliphatic heterocycles. The number of hydrogen-bond acceptors (Lipinski definition) is 7. The van der Waals surface area contributed by atoms with Gasteiger partial charge in [0, 0.05) is 45.3 Å². The second-order valence-electron chi connectivity index (χ2n) is 9.10. The lowest BCUT2D eigenvalue weighted by atomic mass is 10.0. The van der Waals surface area contributed by atoms with Gasteiger partial charge < -0.3 is 10.2 Å². The van der Waals surface area contributed by atoms with E-state index in [1.807, 2.05) is 25.2 Å². The SMILES string of the molecule is CN1CCN(S(=O)(=O)c2ccc(NCc3ccccc3CN3CCCCC3)c([N+](=O)[O-])c2)CC1. The van der Waals surface area contributed by atoms with Crippen molar-refractivity contribution in [2.24, 2.45) is 0 Å². The molecule has 0 unspecified atom stereocenters. The number of piperazine rings is 1. The van der Waals surface area contributed by atoms with Gasteiger partial charge in [0.2, 0.25) is 10.0 Å². The molecule has 184 valence electrons. The van der Waals surface area contributed by atoms with Crippen LogP contribution >= 0.6 is 0 Å². The molecule has 2 saturated heterocycles. The Hall–Kier alpha value is -2.53. The Bertz CT molecular complexity index is 1110. The zero-order valence-corrected chi connectivity index (χ0v) is 20.5. The first kappa shape index (κ1) is 24.6. The van der Waals surface area contributed by atoms with Crippen LogP contribution in [0.5, 0.6) is 0 Å². The highest BCUT2D eigenvalue weighted by atomic mass is 32.2. The van der Waals surface area contributed by atoms with Gasteiger partial charge in [0.15, 0.2) is 0 Å². The molecule has 0 spiro atoms. The smallest absolute Gasteiger partial charge is 0.293 e. The summed E-state index contributed by atoms with van der Waals surface area (Å²) in [6, 6.07) is 12.3. The Labute approximate surface area is 201 Å². The number of benzene rings is 2. The van der Waals surface area contributed by atoms with Crippen molar-refractivity contribution in [3.8, 4) is 0 Å². The minimum absolute atomic E-state index is 0.0419. The van der Waals surface area contributed by atoms with Crippen molar-refractivity contribution in [3.05, 3.63) is 63.7 Å². The van der Waals surface area contributed by atoms with Crippen LogP contribution in [0, 0.1) is 10.1 Å². The van der Waals surface area contributed by atoms with Crippen molar-refractivity contribution in [1.29, 1.82) is 0 Å². The molecule has 9 nitrogen and oxygen atoms in total. The molecular weight excluding hydrogens is 454 g/mol. The monoisotopic (exact) mass is 487 g/mol. The highest BCUT2D eigenvalue weighted by molar-refractivity contribution is 7.89. The van der Waals surface area contributed by atoms with Crippen LogP contribution in [0.25, 0.3) is 0 Å². The van der Waals surface area contributed by atoms with Crippen LogP contribution in [0.3, 0.4) is 0 Å². The summed E-state index contributed by atoms with van der Waals surface area (Å²) >= 11 is 0. The molecule has 0 aromatic heterocycles. The third-order valence-corrected chi connectivity index (χ3v) is 8.59. The van der Waals surface area contributed by atoms with E-state index in [2.05, 4.69) is 21.2 Å². The molecule has 0 aliphatic carbocycles. The van der Waals surface area contributed by atoms with Crippen molar-refractivity contribution < 1.29 is 13.3 Å². The molecule has 0 amide bonds. The highest BCUT2D eigenvalue weighted by Gasteiger charge is 2.29. The third kappa shape index (κ3) is 5.75. The van der Waals surface area contributed by atoms with Crippen molar-refractivity contribution in [2.75, 3.05) is 51.6 Å². The molecule has 2 aromatic carbocycles. The topological polar surface area (TPSA) is 99.0 Å². The molecule has 10 heteroatoms. The number of piperidine rings is 1. The maximum absolute atomic E-state index is 13.1. The normalized spacial score (nSPS) is 18.6. The number of anilines is 1. The Kier molecular flexibility index (Phi) is 7.82. The average molecular weight is 488 g/mol. The Morgan fingerprint density at radius 1 is 0.941 bits per heavy atom. The molecule has 0 bridgehead atoms. The first-order valence-corrected chi connectivity index (χ1v) is 13.3. The molecule has 2 aliphatic rings. The zero-order valence-electron chi connectivity index (χ0n) is 19.6. The largest absolute Gasteiger partial charge is 0.375 e. The molecule has 1 N–H and O–H groups in total. The van der Waals surface area contributed by atoms with Gasteiger partial charge in [-0.3, -0.25) is 15.0 Å². The van der Waals surface area contributed by atoms with E-state index >= 15 is 0 Å². The number of rotatable bonds is 8. The summed E-state index contributed by atoms with van der Waals surface area (Å²) in [5.74, 6) is 0. The van der Waals surface area contributed by atoms with Gasteiger partial charge in [0.05, 0.1) is 9.82 Å². The van der Waals surface area contributed by atoms with E-state index in [0.29, 0.717) is 38.4 Å². The second kappa shape index (κ2) is 10.8. The van der Waals surface area contributed by atoms with Crippen LogP contribution in [-0.4, -0.2) is 73.8 Å². The molecule has 2 heterocycles. The van der Waals surface area contributed by atoms with Crippen LogP contribution < -0.4 is 5.32 Å². The van der Waals surface area contributed by atoms with Gasteiger partial charge in [0.1, 0.15) is 5.69 Å². The fraction of sp³-hybridized carbons (Fsp3) is 0.500. The summed E-state index contributed by atoms with van der Waals surface area (Å²) in [5.41, 5.74) is 2.36. The van der Waals surface area contributed by atoms with Crippen molar-refractivity contribution >= 4 is 21.4 Å². The van der Waals surface area contributed by atoms with E-state index in [0.717, 1.165) is 25.2 Å². The lowest BCUT2D eigenvalue weighted by molar-refractivity contribution is -0.384. The highest BCUT2D eigenvalue weighted by Crippen LogP contribution is 2.30. The molecule has 0 atom stereocenters. The van der Waals surface area contributed by atoms with Gasteiger partial charge in [-0.2, -0.15) is 4.31 Å². The lowest BCUT2D eigenvalue weighted by Gasteiger charge is -2.31. The number of likely N-dealkylation sites (tertiary alicyclic amines) is 1. The third-order valence-electron chi connectivity index (χ3n) is 6.70. The minimum atomic E-state index is -3.78. The summed E-state index contributed by atoms with van der Waals surface area (Å²) in [5, 5.41) is 15.0. The van der Waals surface area contributed by atoms with Crippen molar-refractivity contribution in [2.45, 2.75) is 37.2 Å². The van der Waals surface area contributed by atoms with E-state index in [-0.39, 0.29) is 10.6 Å². The maximum atomic E-state index is 13.1. The van der Waals surface area contributed by atoms with Crippen LogP contribution in [0.2, 0.25) is 0 Å². The number of nitrogens with one attached hydrogen (secondary N) is 1. The van der Waals surface area contributed by atoms with E-state index in [1.54, 1.807) is 0 Å². The van der Waals surface area contributed by atoms with Crippen molar-refractivity contribution in [1.82, 2.24) is 14.1 Å². The number of nitrogens with zero attached hydrogens (tertiary/aromatic N) is 4. The quantitative estimate of drug-likeness (QED) is 0.451. The van der Waals surface area contributed by atoms with Gasteiger partial charge in [-0.05, 0) is 56.2 Å². The predicted octanol–water partition coefficient (Wildman–Crippen LogP) is 3.13. The van der Waals surface area contributed by atoms with Crippen molar-refractivity contribution in [3.63, 3.8) is 0 Å². The van der Waals surface area contributed by atoms with Crippen LogP contribution in [-0.2, 0) is 23.1 Å². The number of sulfonamides is 1. The fourth-order valence-electron chi connectivity index (χ4n) is 4.58. The van der Waals surface area contributed by atoms with Gasteiger partial charge >= 0.3 is 0 Å². The molecule has 34 heavy (non-hydrogen) atoms. The fourth-order valence-corrected chi connectivity index (χ4v) is 6.03. The summed E-state index contributed by atoms with van der Waals surface area (Å²) in [7, 11) is -1.84.